The van der Waals surface area contributed by atoms with Crippen LogP contribution in [0.25, 0.3) is 0 Å². The van der Waals surface area contributed by atoms with Gasteiger partial charge in [-0.3, -0.25) is 4.79 Å². The smallest absolute Gasteiger partial charge is 0.303 e. The molecule has 0 N–H and O–H groups in total. The highest BCUT2D eigenvalue weighted by atomic mass is 16.6. The standard InChI is InChI=1S/C16H30O2/c1-6-7-10-16(18-14(5)17)11-13(4)8-9-15(16)12(2)3/h12-13,15H,6-11H2,1-5H3/t13-,15-,16-/m0/s1. The van der Waals surface area contributed by atoms with E-state index >= 15 is 0 Å². The molecule has 0 aromatic carbocycles. The van der Waals surface area contributed by atoms with Crippen molar-refractivity contribution in [2.24, 2.45) is 17.8 Å². The lowest BCUT2D eigenvalue weighted by atomic mass is 9.65. The maximum Gasteiger partial charge on any atom is 0.303 e. The topological polar surface area (TPSA) is 26.3 Å². The van der Waals surface area contributed by atoms with Gasteiger partial charge in [0.15, 0.2) is 0 Å². The third-order valence-electron chi connectivity index (χ3n) is 4.45. The molecule has 1 saturated carbocycles. The average Bonchev–Trinajstić information content (AvgIpc) is 2.25. The maximum atomic E-state index is 11.5. The van der Waals surface area contributed by atoms with Crippen LogP contribution in [-0.4, -0.2) is 11.6 Å². The third kappa shape index (κ3) is 3.73. The summed E-state index contributed by atoms with van der Waals surface area (Å²) >= 11 is 0. The summed E-state index contributed by atoms with van der Waals surface area (Å²) in [5.74, 6) is 1.69. The lowest BCUT2D eigenvalue weighted by Crippen LogP contribution is -2.48. The zero-order valence-electron chi connectivity index (χ0n) is 12.8. The van der Waals surface area contributed by atoms with E-state index < -0.39 is 0 Å². The van der Waals surface area contributed by atoms with E-state index in [2.05, 4.69) is 27.7 Å². The van der Waals surface area contributed by atoms with Crippen LogP contribution < -0.4 is 0 Å². The minimum atomic E-state index is -0.187. The van der Waals surface area contributed by atoms with Crippen molar-refractivity contribution in [1.82, 2.24) is 0 Å². The van der Waals surface area contributed by atoms with Crippen LogP contribution in [0, 0.1) is 17.8 Å². The van der Waals surface area contributed by atoms with Gasteiger partial charge in [0.25, 0.3) is 0 Å². The molecule has 0 aromatic rings. The lowest BCUT2D eigenvalue weighted by Gasteiger charge is -2.47. The Morgan fingerprint density at radius 1 is 1.39 bits per heavy atom. The summed E-state index contributed by atoms with van der Waals surface area (Å²) in [6, 6.07) is 0. The van der Waals surface area contributed by atoms with Crippen molar-refractivity contribution in [1.29, 1.82) is 0 Å². The second-order valence-corrected chi connectivity index (χ2v) is 6.50. The summed E-state index contributed by atoms with van der Waals surface area (Å²) in [5, 5.41) is 0. The largest absolute Gasteiger partial charge is 0.459 e. The fourth-order valence-electron chi connectivity index (χ4n) is 3.73. The molecule has 0 aliphatic heterocycles. The van der Waals surface area contributed by atoms with E-state index in [1.54, 1.807) is 6.92 Å². The summed E-state index contributed by atoms with van der Waals surface area (Å²) in [7, 11) is 0. The van der Waals surface area contributed by atoms with Gasteiger partial charge in [-0.05, 0) is 37.5 Å². The summed E-state index contributed by atoms with van der Waals surface area (Å²) in [6.45, 7) is 10.6. The van der Waals surface area contributed by atoms with Gasteiger partial charge in [-0.2, -0.15) is 0 Å². The number of rotatable bonds is 5. The van der Waals surface area contributed by atoms with Crippen molar-refractivity contribution in [2.45, 2.75) is 78.7 Å². The Kier molecular flexibility index (Phi) is 5.68. The second kappa shape index (κ2) is 6.58. The molecule has 18 heavy (non-hydrogen) atoms. The van der Waals surface area contributed by atoms with Crippen molar-refractivity contribution < 1.29 is 9.53 Å². The molecular weight excluding hydrogens is 224 g/mol. The number of carbonyl (C=O) groups excluding carboxylic acids is 1. The average molecular weight is 254 g/mol. The van der Waals surface area contributed by atoms with Crippen LogP contribution in [-0.2, 0) is 9.53 Å². The van der Waals surface area contributed by atoms with Gasteiger partial charge in [-0.15, -0.1) is 0 Å². The zero-order valence-corrected chi connectivity index (χ0v) is 12.8. The van der Waals surface area contributed by atoms with E-state index in [-0.39, 0.29) is 11.6 Å². The molecule has 0 unspecified atom stereocenters. The molecule has 0 radical (unpaired) electrons. The number of hydrogen-bond acceptors (Lipinski definition) is 2. The first kappa shape index (κ1) is 15.5. The number of ether oxygens (including phenoxy) is 1. The first-order valence-corrected chi connectivity index (χ1v) is 7.61. The first-order valence-electron chi connectivity index (χ1n) is 7.61. The van der Waals surface area contributed by atoms with Gasteiger partial charge in [0.2, 0.25) is 0 Å². The normalized spacial score (nSPS) is 32.6. The van der Waals surface area contributed by atoms with Crippen LogP contribution in [0.15, 0.2) is 0 Å². The molecule has 0 amide bonds. The van der Waals surface area contributed by atoms with E-state index in [1.807, 2.05) is 0 Å². The lowest BCUT2D eigenvalue weighted by molar-refractivity contribution is -0.176. The van der Waals surface area contributed by atoms with Crippen LogP contribution in [0.5, 0.6) is 0 Å². The minimum absolute atomic E-state index is 0.106. The van der Waals surface area contributed by atoms with Gasteiger partial charge in [-0.1, -0.05) is 40.5 Å². The highest BCUT2D eigenvalue weighted by molar-refractivity contribution is 5.66. The Balaban J connectivity index is 2.94. The Morgan fingerprint density at radius 2 is 2.06 bits per heavy atom. The van der Waals surface area contributed by atoms with Crippen molar-refractivity contribution in [3.05, 3.63) is 0 Å². The molecule has 0 saturated heterocycles. The predicted molar refractivity (Wildman–Crippen MR) is 75.4 cm³/mol. The predicted octanol–water partition coefficient (Wildman–Crippen LogP) is 4.57. The Labute approximate surface area is 112 Å². The van der Waals surface area contributed by atoms with Crippen LogP contribution in [0.2, 0.25) is 0 Å². The van der Waals surface area contributed by atoms with Crippen molar-refractivity contribution in [2.75, 3.05) is 0 Å². The van der Waals surface area contributed by atoms with Gasteiger partial charge >= 0.3 is 5.97 Å². The number of unbranched alkanes of at least 4 members (excludes halogenated alkanes) is 1. The van der Waals surface area contributed by atoms with Crippen LogP contribution in [0.1, 0.15) is 73.1 Å². The van der Waals surface area contributed by atoms with E-state index in [1.165, 1.54) is 19.3 Å². The molecule has 0 aromatic heterocycles. The fourth-order valence-corrected chi connectivity index (χ4v) is 3.73. The summed E-state index contributed by atoms with van der Waals surface area (Å²) in [4.78, 5) is 11.5. The van der Waals surface area contributed by atoms with Gasteiger partial charge in [0.05, 0.1) is 0 Å². The molecule has 1 aliphatic rings. The van der Waals surface area contributed by atoms with Crippen molar-refractivity contribution in [3.63, 3.8) is 0 Å². The monoisotopic (exact) mass is 254 g/mol. The van der Waals surface area contributed by atoms with Crippen LogP contribution >= 0.6 is 0 Å². The number of esters is 1. The maximum absolute atomic E-state index is 11.5. The van der Waals surface area contributed by atoms with E-state index in [0.717, 1.165) is 19.3 Å². The van der Waals surface area contributed by atoms with Crippen LogP contribution in [0.4, 0.5) is 0 Å². The summed E-state index contributed by atoms with van der Waals surface area (Å²) in [6.07, 6.45) is 6.89. The number of hydrogen-bond donors (Lipinski definition) is 0. The third-order valence-corrected chi connectivity index (χ3v) is 4.45. The molecule has 1 rings (SSSR count). The zero-order chi connectivity index (χ0) is 13.8. The molecule has 106 valence electrons. The van der Waals surface area contributed by atoms with Gasteiger partial charge in [-0.25, -0.2) is 0 Å². The van der Waals surface area contributed by atoms with Gasteiger partial charge in [0, 0.05) is 12.8 Å². The Morgan fingerprint density at radius 3 is 2.56 bits per heavy atom. The number of carbonyl (C=O) groups is 1. The van der Waals surface area contributed by atoms with E-state index in [4.69, 9.17) is 4.74 Å². The molecule has 1 aliphatic carbocycles. The second-order valence-electron chi connectivity index (χ2n) is 6.50. The molecule has 1 fully saturated rings. The molecule has 3 atom stereocenters. The molecular formula is C16H30O2. The first-order chi connectivity index (χ1) is 8.41. The SMILES string of the molecule is CCCC[C@]1(OC(C)=O)C[C@@H](C)CC[C@H]1C(C)C. The molecule has 2 heteroatoms. The van der Waals surface area contributed by atoms with Crippen molar-refractivity contribution >= 4 is 5.97 Å². The molecule has 0 spiro atoms. The van der Waals surface area contributed by atoms with E-state index in [9.17, 15) is 4.79 Å². The van der Waals surface area contributed by atoms with E-state index in [0.29, 0.717) is 17.8 Å². The van der Waals surface area contributed by atoms with Gasteiger partial charge < -0.3 is 4.74 Å². The fraction of sp³-hybridized carbons (Fsp3) is 0.938. The Bertz CT molecular complexity index is 272. The quantitative estimate of drug-likeness (QED) is 0.672. The summed E-state index contributed by atoms with van der Waals surface area (Å²) < 4.78 is 5.89. The highest BCUT2D eigenvalue weighted by Crippen LogP contribution is 2.46. The van der Waals surface area contributed by atoms with Crippen LogP contribution in [0.3, 0.4) is 0 Å². The molecule has 0 bridgehead atoms. The summed E-state index contributed by atoms with van der Waals surface area (Å²) in [5.41, 5.74) is -0.187. The van der Waals surface area contributed by atoms with Crippen molar-refractivity contribution in [3.8, 4) is 0 Å². The molecule has 0 heterocycles. The van der Waals surface area contributed by atoms with Gasteiger partial charge in [0.1, 0.15) is 5.60 Å². The Hall–Kier alpha value is -0.530. The molecule has 2 nitrogen and oxygen atoms in total. The highest BCUT2D eigenvalue weighted by Gasteiger charge is 2.46. The minimum Gasteiger partial charge on any atom is -0.459 e.